The Hall–Kier alpha value is -1.46. The van der Waals surface area contributed by atoms with Crippen LogP contribution in [-0.4, -0.2) is 31.3 Å². The first-order chi connectivity index (χ1) is 9.25. The summed E-state index contributed by atoms with van der Waals surface area (Å²) in [6.45, 7) is 5.02. The zero-order valence-electron chi connectivity index (χ0n) is 10.7. The average Bonchev–Trinajstić information content (AvgIpc) is 2.92. The SMILES string of the molecule is Cc1c(F)cccc1-c1csc(N2CCOCC2)n1. The molecule has 0 spiro atoms. The number of thiazole rings is 1. The van der Waals surface area contributed by atoms with Gasteiger partial charge in [-0.3, -0.25) is 0 Å². The highest BCUT2D eigenvalue weighted by molar-refractivity contribution is 7.14. The molecule has 1 aliphatic rings. The normalized spacial score (nSPS) is 15.8. The van der Waals surface area contributed by atoms with E-state index in [4.69, 9.17) is 4.74 Å². The van der Waals surface area contributed by atoms with Gasteiger partial charge in [0.25, 0.3) is 0 Å². The van der Waals surface area contributed by atoms with Gasteiger partial charge in [-0.25, -0.2) is 9.37 Å². The van der Waals surface area contributed by atoms with Crippen LogP contribution < -0.4 is 4.90 Å². The third kappa shape index (κ3) is 2.48. The zero-order valence-corrected chi connectivity index (χ0v) is 11.5. The number of benzene rings is 1. The van der Waals surface area contributed by atoms with Crippen molar-refractivity contribution < 1.29 is 9.13 Å². The Bertz CT molecular complexity index is 579. The van der Waals surface area contributed by atoms with Gasteiger partial charge in [0.05, 0.1) is 18.9 Å². The number of ether oxygens (including phenoxy) is 1. The first-order valence-corrected chi connectivity index (χ1v) is 7.17. The van der Waals surface area contributed by atoms with Gasteiger partial charge in [-0.15, -0.1) is 11.3 Å². The van der Waals surface area contributed by atoms with E-state index < -0.39 is 0 Å². The molecule has 0 unspecified atom stereocenters. The maximum absolute atomic E-state index is 13.6. The Labute approximate surface area is 115 Å². The van der Waals surface area contributed by atoms with Gasteiger partial charge in [0.15, 0.2) is 5.13 Å². The number of hydrogen-bond acceptors (Lipinski definition) is 4. The molecular formula is C14H15FN2OS. The van der Waals surface area contributed by atoms with Crippen LogP contribution in [-0.2, 0) is 4.74 Å². The zero-order chi connectivity index (χ0) is 13.2. The van der Waals surface area contributed by atoms with E-state index >= 15 is 0 Å². The predicted octanol–water partition coefficient (Wildman–Crippen LogP) is 3.09. The van der Waals surface area contributed by atoms with Crippen molar-refractivity contribution in [1.29, 1.82) is 0 Å². The number of rotatable bonds is 2. The van der Waals surface area contributed by atoms with Crippen molar-refractivity contribution in [3.63, 3.8) is 0 Å². The topological polar surface area (TPSA) is 25.4 Å². The third-order valence-corrected chi connectivity index (χ3v) is 4.22. The van der Waals surface area contributed by atoms with Gasteiger partial charge in [-0.2, -0.15) is 0 Å². The van der Waals surface area contributed by atoms with Gasteiger partial charge in [0.2, 0.25) is 0 Å². The van der Waals surface area contributed by atoms with Crippen molar-refractivity contribution in [2.45, 2.75) is 6.92 Å². The molecule has 2 aromatic rings. The Morgan fingerprint density at radius 2 is 2.11 bits per heavy atom. The lowest BCUT2D eigenvalue weighted by molar-refractivity contribution is 0.122. The lowest BCUT2D eigenvalue weighted by Gasteiger charge is -2.26. The molecule has 0 radical (unpaired) electrons. The summed E-state index contributed by atoms with van der Waals surface area (Å²) in [4.78, 5) is 6.84. The summed E-state index contributed by atoms with van der Waals surface area (Å²) in [7, 11) is 0. The number of hydrogen-bond donors (Lipinski definition) is 0. The highest BCUT2D eigenvalue weighted by Crippen LogP contribution is 2.30. The van der Waals surface area contributed by atoms with Crippen LogP contribution >= 0.6 is 11.3 Å². The summed E-state index contributed by atoms with van der Waals surface area (Å²) in [5, 5.41) is 2.98. The fourth-order valence-corrected chi connectivity index (χ4v) is 3.05. The molecule has 2 heterocycles. The van der Waals surface area contributed by atoms with Crippen LogP contribution in [0, 0.1) is 12.7 Å². The lowest BCUT2D eigenvalue weighted by atomic mass is 10.1. The molecule has 100 valence electrons. The minimum Gasteiger partial charge on any atom is -0.378 e. The first kappa shape index (κ1) is 12.6. The van der Waals surface area contributed by atoms with Gasteiger partial charge in [0.1, 0.15) is 5.82 Å². The molecule has 0 bridgehead atoms. The van der Waals surface area contributed by atoms with E-state index in [1.165, 1.54) is 6.07 Å². The predicted molar refractivity (Wildman–Crippen MR) is 75.3 cm³/mol. The second-order valence-corrected chi connectivity index (χ2v) is 5.36. The summed E-state index contributed by atoms with van der Waals surface area (Å²) in [6, 6.07) is 5.12. The molecule has 5 heteroatoms. The summed E-state index contributed by atoms with van der Waals surface area (Å²) in [6.07, 6.45) is 0. The average molecular weight is 278 g/mol. The van der Waals surface area contributed by atoms with Crippen LogP contribution in [0.1, 0.15) is 5.56 Å². The van der Waals surface area contributed by atoms with E-state index in [1.807, 2.05) is 11.4 Å². The van der Waals surface area contributed by atoms with Crippen LogP contribution in [0.2, 0.25) is 0 Å². The van der Waals surface area contributed by atoms with Crippen LogP contribution in [0.15, 0.2) is 23.6 Å². The monoisotopic (exact) mass is 278 g/mol. The van der Waals surface area contributed by atoms with E-state index in [1.54, 1.807) is 24.3 Å². The van der Waals surface area contributed by atoms with E-state index in [9.17, 15) is 4.39 Å². The van der Waals surface area contributed by atoms with Crippen molar-refractivity contribution in [3.05, 3.63) is 35.0 Å². The molecule has 0 saturated carbocycles. The molecule has 1 fully saturated rings. The molecule has 0 aliphatic carbocycles. The molecule has 0 atom stereocenters. The molecule has 1 aromatic carbocycles. The quantitative estimate of drug-likeness (QED) is 0.844. The van der Waals surface area contributed by atoms with Gasteiger partial charge < -0.3 is 9.64 Å². The summed E-state index contributed by atoms with van der Waals surface area (Å²) < 4.78 is 18.9. The minimum atomic E-state index is -0.182. The Morgan fingerprint density at radius 3 is 2.89 bits per heavy atom. The number of nitrogens with zero attached hydrogens (tertiary/aromatic N) is 2. The molecule has 1 aliphatic heterocycles. The molecule has 19 heavy (non-hydrogen) atoms. The van der Waals surface area contributed by atoms with Crippen LogP contribution in [0.4, 0.5) is 9.52 Å². The van der Waals surface area contributed by atoms with E-state index in [0.29, 0.717) is 5.56 Å². The van der Waals surface area contributed by atoms with Crippen molar-refractivity contribution in [3.8, 4) is 11.3 Å². The van der Waals surface area contributed by atoms with E-state index in [2.05, 4.69) is 9.88 Å². The second-order valence-electron chi connectivity index (χ2n) is 4.53. The summed E-state index contributed by atoms with van der Waals surface area (Å²) >= 11 is 1.60. The number of halogens is 1. The number of anilines is 1. The maximum atomic E-state index is 13.6. The van der Waals surface area contributed by atoms with Crippen LogP contribution in [0.5, 0.6) is 0 Å². The molecule has 3 rings (SSSR count). The van der Waals surface area contributed by atoms with Crippen molar-refractivity contribution in [2.24, 2.45) is 0 Å². The smallest absolute Gasteiger partial charge is 0.186 e. The largest absolute Gasteiger partial charge is 0.378 e. The maximum Gasteiger partial charge on any atom is 0.186 e. The standard InChI is InChI=1S/C14H15FN2OS/c1-10-11(3-2-4-12(10)15)13-9-19-14(16-13)17-5-7-18-8-6-17/h2-4,9H,5-8H2,1H3. The second kappa shape index (κ2) is 5.27. The molecule has 0 N–H and O–H groups in total. The van der Waals surface area contributed by atoms with Crippen molar-refractivity contribution >= 4 is 16.5 Å². The van der Waals surface area contributed by atoms with E-state index in [0.717, 1.165) is 42.7 Å². The fourth-order valence-electron chi connectivity index (χ4n) is 2.17. The van der Waals surface area contributed by atoms with Gasteiger partial charge >= 0.3 is 0 Å². The van der Waals surface area contributed by atoms with Crippen LogP contribution in [0.3, 0.4) is 0 Å². The van der Waals surface area contributed by atoms with E-state index in [-0.39, 0.29) is 5.82 Å². The third-order valence-electron chi connectivity index (χ3n) is 3.32. The number of aromatic nitrogens is 1. The molecular weight excluding hydrogens is 263 g/mol. The molecule has 1 saturated heterocycles. The van der Waals surface area contributed by atoms with Gasteiger partial charge in [-0.1, -0.05) is 12.1 Å². The van der Waals surface area contributed by atoms with Gasteiger partial charge in [0, 0.05) is 24.0 Å². The van der Waals surface area contributed by atoms with Crippen LogP contribution in [0.25, 0.3) is 11.3 Å². The fraction of sp³-hybridized carbons (Fsp3) is 0.357. The Balaban J connectivity index is 1.90. The minimum absolute atomic E-state index is 0.182. The molecule has 0 amide bonds. The first-order valence-electron chi connectivity index (χ1n) is 6.29. The highest BCUT2D eigenvalue weighted by atomic mass is 32.1. The highest BCUT2D eigenvalue weighted by Gasteiger charge is 2.16. The van der Waals surface area contributed by atoms with Gasteiger partial charge in [-0.05, 0) is 18.6 Å². The van der Waals surface area contributed by atoms with Crippen molar-refractivity contribution in [2.75, 3.05) is 31.2 Å². The molecule has 1 aromatic heterocycles. The lowest BCUT2D eigenvalue weighted by Crippen LogP contribution is -2.36. The summed E-state index contributed by atoms with van der Waals surface area (Å²) in [5.41, 5.74) is 2.38. The Kier molecular flexibility index (Phi) is 3.48. The summed E-state index contributed by atoms with van der Waals surface area (Å²) in [5.74, 6) is -0.182. The Morgan fingerprint density at radius 1 is 1.32 bits per heavy atom. The molecule has 3 nitrogen and oxygen atoms in total. The number of morpholine rings is 1. The van der Waals surface area contributed by atoms with Crippen molar-refractivity contribution in [1.82, 2.24) is 4.98 Å².